The summed E-state index contributed by atoms with van der Waals surface area (Å²) in [6, 6.07) is 5.38. The third kappa shape index (κ3) is 7.13. The van der Waals surface area contributed by atoms with Gasteiger partial charge in [0.25, 0.3) is 0 Å². The number of hydrogen-bond acceptors (Lipinski definition) is 5. The third-order valence-corrected chi connectivity index (χ3v) is 3.01. The standard InChI is InChI=1S/C15H21ClN2O3.ClH/c1-10(21-11(2)19)18-9-12(8-17)6-13-7-14(16)4-5-15(13)20-3;/h4-7,10,18H,8-9,17H2,1-3H3;1H. The van der Waals surface area contributed by atoms with E-state index in [-0.39, 0.29) is 24.6 Å². The Morgan fingerprint density at radius 3 is 2.73 bits per heavy atom. The second-order valence-electron chi connectivity index (χ2n) is 4.53. The summed E-state index contributed by atoms with van der Waals surface area (Å²) < 4.78 is 10.3. The first-order valence-corrected chi connectivity index (χ1v) is 6.97. The normalized spacial score (nSPS) is 12.3. The van der Waals surface area contributed by atoms with Crippen molar-refractivity contribution in [2.45, 2.75) is 20.1 Å². The van der Waals surface area contributed by atoms with Gasteiger partial charge in [0.1, 0.15) is 5.75 Å². The van der Waals surface area contributed by atoms with Gasteiger partial charge in [-0.15, -0.1) is 12.4 Å². The van der Waals surface area contributed by atoms with Crippen LogP contribution in [0.1, 0.15) is 19.4 Å². The van der Waals surface area contributed by atoms with E-state index in [1.165, 1.54) is 6.92 Å². The predicted octanol–water partition coefficient (Wildman–Crippen LogP) is 2.61. The lowest BCUT2D eigenvalue weighted by Crippen LogP contribution is -2.33. The van der Waals surface area contributed by atoms with Crippen LogP contribution in [0.25, 0.3) is 6.08 Å². The molecule has 22 heavy (non-hydrogen) atoms. The number of esters is 1. The Labute approximate surface area is 142 Å². The fraction of sp³-hybridized carbons (Fsp3) is 0.400. The largest absolute Gasteiger partial charge is 0.496 e. The second-order valence-corrected chi connectivity index (χ2v) is 4.96. The van der Waals surface area contributed by atoms with Crippen LogP contribution in [0.2, 0.25) is 5.02 Å². The van der Waals surface area contributed by atoms with Crippen molar-refractivity contribution in [2.24, 2.45) is 5.73 Å². The van der Waals surface area contributed by atoms with Gasteiger partial charge in [0, 0.05) is 30.6 Å². The molecule has 0 aromatic heterocycles. The van der Waals surface area contributed by atoms with E-state index in [0.717, 1.165) is 16.9 Å². The minimum absolute atomic E-state index is 0. The maximum Gasteiger partial charge on any atom is 0.304 e. The van der Waals surface area contributed by atoms with E-state index in [1.54, 1.807) is 26.2 Å². The Balaban J connectivity index is 0.00000441. The van der Waals surface area contributed by atoms with Gasteiger partial charge < -0.3 is 15.2 Å². The summed E-state index contributed by atoms with van der Waals surface area (Å²) in [4.78, 5) is 10.8. The van der Waals surface area contributed by atoms with Crippen LogP contribution in [0.4, 0.5) is 0 Å². The SMILES string of the molecule is COc1ccc(Cl)cc1C=C(CN)CNC(C)OC(C)=O.Cl. The highest BCUT2D eigenvalue weighted by Crippen LogP contribution is 2.24. The number of halogens is 2. The summed E-state index contributed by atoms with van der Waals surface area (Å²) in [6.45, 7) is 4.00. The van der Waals surface area contributed by atoms with E-state index >= 15 is 0 Å². The van der Waals surface area contributed by atoms with Gasteiger partial charge in [-0.25, -0.2) is 0 Å². The van der Waals surface area contributed by atoms with Gasteiger partial charge in [0.15, 0.2) is 6.23 Å². The van der Waals surface area contributed by atoms with Crippen LogP contribution in [-0.4, -0.2) is 32.4 Å². The fourth-order valence-electron chi connectivity index (χ4n) is 1.79. The first-order chi connectivity index (χ1) is 9.96. The van der Waals surface area contributed by atoms with Gasteiger partial charge in [0.2, 0.25) is 0 Å². The number of carbonyl (C=O) groups excluding carboxylic acids is 1. The smallest absolute Gasteiger partial charge is 0.304 e. The minimum atomic E-state index is -0.376. The maximum atomic E-state index is 10.8. The van der Waals surface area contributed by atoms with Crippen LogP contribution in [0, 0.1) is 0 Å². The van der Waals surface area contributed by atoms with E-state index in [1.807, 2.05) is 12.1 Å². The number of methoxy groups -OCH3 is 1. The van der Waals surface area contributed by atoms with Crippen molar-refractivity contribution in [1.29, 1.82) is 0 Å². The molecule has 0 saturated carbocycles. The van der Waals surface area contributed by atoms with E-state index in [0.29, 0.717) is 18.1 Å². The summed E-state index contributed by atoms with van der Waals surface area (Å²) in [5, 5.41) is 3.70. The molecule has 0 aliphatic heterocycles. The van der Waals surface area contributed by atoms with Crippen LogP contribution < -0.4 is 15.8 Å². The van der Waals surface area contributed by atoms with E-state index in [9.17, 15) is 4.79 Å². The van der Waals surface area contributed by atoms with Crippen LogP contribution >= 0.6 is 24.0 Å². The molecule has 0 radical (unpaired) electrons. The lowest BCUT2D eigenvalue weighted by atomic mass is 10.1. The Hall–Kier alpha value is -1.27. The average molecular weight is 349 g/mol. The molecule has 1 aromatic carbocycles. The number of nitrogens with two attached hydrogens (primary N) is 1. The molecule has 1 atom stereocenters. The molecule has 0 bridgehead atoms. The lowest BCUT2D eigenvalue weighted by molar-refractivity contribution is -0.146. The van der Waals surface area contributed by atoms with E-state index in [2.05, 4.69) is 5.32 Å². The number of ether oxygens (including phenoxy) is 2. The highest BCUT2D eigenvalue weighted by atomic mass is 35.5. The van der Waals surface area contributed by atoms with E-state index < -0.39 is 0 Å². The molecule has 5 nitrogen and oxygen atoms in total. The summed E-state index contributed by atoms with van der Waals surface area (Å²) in [7, 11) is 1.60. The zero-order valence-electron chi connectivity index (χ0n) is 12.9. The van der Waals surface area contributed by atoms with Crippen LogP contribution in [0.5, 0.6) is 5.75 Å². The molecule has 7 heteroatoms. The number of nitrogens with one attached hydrogen (secondary N) is 1. The topological polar surface area (TPSA) is 73.6 Å². The molecule has 0 spiro atoms. The van der Waals surface area contributed by atoms with Gasteiger partial charge in [-0.1, -0.05) is 11.6 Å². The molecule has 0 fully saturated rings. The molecule has 1 aromatic rings. The Morgan fingerprint density at radius 1 is 1.50 bits per heavy atom. The van der Waals surface area contributed by atoms with Crippen molar-refractivity contribution >= 4 is 36.1 Å². The highest BCUT2D eigenvalue weighted by Gasteiger charge is 2.07. The highest BCUT2D eigenvalue weighted by molar-refractivity contribution is 6.30. The van der Waals surface area contributed by atoms with Crippen molar-refractivity contribution in [1.82, 2.24) is 5.32 Å². The molecule has 0 saturated heterocycles. The molecule has 0 aliphatic rings. The first-order valence-electron chi connectivity index (χ1n) is 6.60. The Bertz CT molecular complexity index is 522. The average Bonchev–Trinajstić information content (AvgIpc) is 2.42. The van der Waals surface area contributed by atoms with Gasteiger partial charge in [-0.3, -0.25) is 10.1 Å². The fourth-order valence-corrected chi connectivity index (χ4v) is 1.97. The number of hydrogen-bond donors (Lipinski definition) is 2. The summed E-state index contributed by atoms with van der Waals surface area (Å²) >= 11 is 6.00. The molecular formula is C15H22Cl2N2O3. The van der Waals surface area contributed by atoms with Crippen molar-refractivity contribution in [3.63, 3.8) is 0 Å². The van der Waals surface area contributed by atoms with Gasteiger partial charge >= 0.3 is 5.97 Å². The third-order valence-electron chi connectivity index (χ3n) is 2.77. The number of carbonyl (C=O) groups is 1. The van der Waals surface area contributed by atoms with Gasteiger partial charge in [0.05, 0.1) is 7.11 Å². The van der Waals surface area contributed by atoms with Crippen LogP contribution in [-0.2, 0) is 9.53 Å². The second kappa shape index (κ2) is 10.5. The maximum absolute atomic E-state index is 10.8. The van der Waals surface area contributed by atoms with Crippen molar-refractivity contribution < 1.29 is 14.3 Å². The zero-order chi connectivity index (χ0) is 15.8. The molecule has 124 valence electrons. The van der Waals surface area contributed by atoms with Crippen molar-refractivity contribution in [3.8, 4) is 5.75 Å². The zero-order valence-corrected chi connectivity index (χ0v) is 14.5. The number of benzene rings is 1. The lowest BCUT2D eigenvalue weighted by Gasteiger charge is -2.15. The molecule has 0 heterocycles. The molecule has 1 rings (SSSR count). The molecule has 0 amide bonds. The summed E-state index contributed by atoms with van der Waals surface area (Å²) in [6.07, 6.45) is 1.54. The van der Waals surface area contributed by atoms with Crippen LogP contribution in [0.15, 0.2) is 23.8 Å². The Kier molecular flexibility index (Phi) is 9.85. The summed E-state index contributed by atoms with van der Waals surface area (Å²) in [5.74, 6) is 0.392. The van der Waals surface area contributed by atoms with E-state index in [4.69, 9.17) is 26.8 Å². The van der Waals surface area contributed by atoms with Crippen molar-refractivity contribution in [2.75, 3.05) is 20.2 Å². The number of rotatable bonds is 7. The molecule has 3 N–H and O–H groups in total. The molecule has 1 unspecified atom stereocenters. The van der Waals surface area contributed by atoms with Crippen molar-refractivity contribution in [3.05, 3.63) is 34.4 Å². The predicted molar refractivity (Wildman–Crippen MR) is 91.5 cm³/mol. The quantitative estimate of drug-likeness (QED) is 0.585. The first kappa shape index (κ1) is 20.7. The molecular weight excluding hydrogens is 327 g/mol. The van der Waals surface area contributed by atoms with Gasteiger partial charge in [-0.2, -0.15) is 0 Å². The minimum Gasteiger partial charge on any atom is -0.496 e. The van der Waals surface area contributed by atoms with Gasteiger partial charge in [-0.05, 0) is 36.8 Å². The molecule has 0 aliphatic carbocycles. The van der Waals surface area contributed by atoms with Crippen LogP contribution in [0.3, 0.4) is 0 Å². The summed E-state index contributed by atoms with van der Waals surface area (Å²) in [5.41, 5.74) is 7.54. The Morgan fingerprint density at radius 2 is 2.18 bits per heavy atom. The monoisotopic (exact) mass is 348 g/mol.